The van der Waals surface area contributed by atoms with E-state index in [1.54, 1.807) is 22.7 Å². The monoisotopic (exact) mass is 341 g/mol. The maximum atomic E-state index is 10.1. The summed E-state index contributed by atoms with van der Waals surface area (Å²) in [7, 11) is 0. The van der Waals surface area contributed by atoms with Crippen molar-refractivity contribution in [3.63, 3.8) is 0 Å². The van der Waals surface area contributed by atoms with E-state index in [9.17, 15) is 5.11 Å². The van der Waals surface area contributed by atoms with Gasteiger partial charge in [0.05, 0.1) is 16.5 Å². The van der Waals surface area contributed by atoms with Gasteiger partial charge in [0.1, 0.15) is 0 Å². The Balaban J connectivity index is 1.71. The topological polar surface area (TPSA) is 32.3 Å². The van der Waals surface area contributed by atoms with Gasteiger partial charge in [-0.05, 0) is 42.3 Å². The van der Waals surface area contributed by atoms with Crippen LogP contribution in [-0.2, 0) is 0 Å². The van der Waals surface area contributed by atoms with Crippen LogP contribution < -0.4 is 5.32 Å². The zero-order valence-electron chi connectivity index (χ0n) is 11.8. The minimum atomic E-state index is -0.151. The molecular formula is C16H20ClNOS2. The van der Waals surface area contributed by atoms with Crippen molar-refractivity contribution in [1.29, 1.82) is 0 Å². The SMILES string of the molecule is OC1CCCCC1CNC(c1cccs1)c1ccc(Cl)s1. The molecular weight excluding hydrogens is 322 g/mol. The van der Waals surface area contributed by atoms with Crippen molar-refractivity contribution in [2.45, 2.75) is 37.8 Å². The lowest BCUT2D eigenvalue weighted by molar-refractivity contribution is 0.0688. The summed E-state index contributed by atoms with van der Waals surface area (Å²) in [5, 5.41) is 15.9. The summed E-state index contributed by atoms with van der Waals surface area (Å²) in [4.78, 5) is 2.55. The van der Waals surface area contributed by atoms with E-state index in [1.807, 2.05) is 6.07 Å². The minimum absolute atomic E-state index is 0.151. The number of thiophene rings is 2. The Bertz CT molecular complexity index is 554. The number of hydrogen-bond acceptors (Lipinski definition) is 4. The summed E-state index contributed by atoms with van der Waals surface area (Å²) >= 11 is 9.48. The van der Waals surface area contributed by atoms with E-state index in [-0.39, 0.29) is 12.1 Å². The molecule has 0 bridgehead atoms. The van der Waals surface area contributed by atoms with Crippen molar-refractivity contribution in [3.8, 4) is 0 Å². The minimum Gasteiger partial charge on any atom is -0.393 e. The third-order valence-electron chi connectivity index (χ3n) is 4.16. The predicted octanol–water partition coefficient (Wildman–Crippen LogP) is 4.69. The summed E-state index contributed by atoms with van der Waals surface area (Å²) in [5.41, 5.74) is 0. The van der Waals surface area contributed by atoms with Crippen LogP contribution in [0.1, 0.15) is 41.5 Å². The van der Waals surface area contributed by atoms with Crippen LogP contribution in [0.15, 0.2) is 29.6 Å². The number of rotatable bonds is 5. The lowest BCUT2D eigenvalue weighted by Crippen LogP contribution is -2.35. The van der Waals surface area contributed by atoms with Crippen LogP contribution in [0.25, 0.3) is 0 Å². The van der Waals surface area contributed by atoms with Gasteiger partial charge >= 0.3 is 0 Å². The second-order valence-corrected chi connectivity index (χ2v) is 8.34. The molecule has 2 aromatic heterocycles. The van der Waals surface area contributed by atoms with Gasteiger partial charge in [-0.15, -0.1) is 22.7 Å². The molecule has 0 amide bonds. The Kier molecular flexibility index (Phi) is 5.35. The molecule has 114 valence electrons. The van der Waals surface area contributed by atoms with E-state index >= 15 is 0 Å². The summed E-state index contributed by atoms with van der Waals surface area (Å²) in [6, 6.07) is 8.49. The van der Waals surface area contributed by atoms with Crippen molar-refractivity contribution in [1.82, 2.24) is 5.32 Å². The van der Waals surface area contributed by atoms with Gasteiger partial charge in [0.2, 0.25) is 0 Å². The molecule has 5 heteroatoms. The Labute approximate surface area is 138 Å². The highest BCUT2D eigenvalue weighted by atomic mass is 35.5. The van der Waals surface area contributed by atoms with Crippen molar-refractivity contribution < 1.29 is 5.11 Å². The van der Waals surface area contributed by atoms with Crippen LogP contribution in [-0.4, -0.2) is 17.8 Å². The fraction of sp³-hybridized carbons (Fsp3) is 0.500. The van der Waals surface area contributed by atoms with Crippen LogP contribution in [0, 0.1) is 5.92 Å². The molecule has 1 saturated carbocycles. The van der Waals surface area contributed by atoms with Crippen LogP contribution >= 0.6 is 34.3 Å². The molecule has 0 spiro atoms. The predicted molar refractivity (Wildman–Crippen MR) is 91.5 cm³/mol. The second-order valence-electron chi connectivity index (χ2n) is 5.61. The third-order valence-corrected chi connectivity index (χ3v) is 6.39. The normalized spacial score (nSPS) is 24.1. The van der Waals surface area contributed by atoms with Crippen LogP contribution in [0.4, 0.5) is 0 Å². The van der Waals surface area contributed by atoms with E-state index in [0.29, 0.717) is 5.92 Å². The molecule has 1 fully saturated rings. The fourth-order valence-electron chi connectivity index (χ4n) is 2.98. The Morgan fingerprint density at radius 1 is 1.24 bits per heavy atom. The molecule has 0 radical (unpaired) electrons. The van der Waals surface area contributed by atoms with Crippen LogP contribution in [0.3, 0.4) is 0 Å². The average molecular weight is 342 g/mol. The highest BCUT2D eigenvalue weighted by molar-refractivity contribution is 7.16. The molecule has 0 aliphatic heterocycles. The molecule has 1 aliphatic carbocycles. The van der Waals surface area contributed by atoms with Gasteiger partial charge in [-0.3, -0.25) is 0 Å². The molecule has 3 atom stereocenters. The Morgan fingerprint density at radius 2 is 2.10 bits per heavy atom. The molecule has 1 aliphatic rings. The first-order valence-corrected chi connectivity index (χ1v) is 9.51. The summed E-state index contributed by atoms with van der Waals surface area (Å²) < 4.78 is 0.825. The van der Waals surface area contributed by atoms with E-state index in [1.165, 1.54) is 16.2 Å². The molecule has 2 nitrogen and oxygen atoms in total. The zero-order chi connectivity index (χ0) is 14.7. The smallest absolute Gasteiger partial charge is 0.0931 e. The van der Waals surface area contributed by atoms with Gasteiger partial charge in [0.25, 0.3) is 0 Å². The highest BCUT2D eigenvalue weighted by Crippen LogP contribution is 2.34. The van der Waals surface area contributed by atoms with Gasteiger partial charge in [-0.2, -0.15) is 0 Å². The maximum Gasteiger partial charge on any atom is 0.0931 e. The number of nitrogens with one attached hydrogen (secondary N) is 1. The van der Waals surface area contributed by atoms with E-state index in [4.69, 9.17) is 11.6 Å². The summed E-state index contributed by atoms with van der Waals surface area (Å²) in [6.45, 7) is 0.860. The largest absolute Gasteiger partial charge is 0.393 e. The maximum absolute atomic E-state index is 10.1. The Hall–Kier alpha value is -0.390. The zero-order valence-corrected chi connectivity index (χ0v) is 14.2. The Morgan fingerprint density at radius 3 is 2.76 bits per heavy atom. The number of halogens is 1. The molecule has 2 aromatic rings. The number of aliphatic hydroxyl groups excluding tert-OH is 1. The molecule has 3 rings (SSSR count). The molecule has 21 heavy (non-hydrogen) atoms. The van der Waals surface area contributed by atoms with E-state index in [0.717, 1.165) is 30.1 Å². The van der Waals surface area contributed by atoms with Gasteiger partial charge in [0, 0.05) is 16.3 Å². The molecule has 2 N–H and O–H groups in total. The van der Waals surface area contributed by atoms with Crippen LogP contribution in [0.5, 0.6) is 0 Å². The van der Waals surface area contributed by atoms with E-state index in [2.05, 4.69) is 28.9 Å². The van der Waals surface area contributed by atoms with Crippen molar-refractivity contribution in [2.24, 2.45) is 5.92 Å². The van der Waals surface area contributed by atoms with Gasteiger partial charge in [-0.25, -0.2) is 0 Å². The molecule has 3 unspecified atom stereocenters. The van der Waals surface area contributed by atoms with E-state index < -0.39 is 0 Å². The van der Waals surface area contributed by atoms with Gasteiger partial charge in [-0.1, -0.05) is 30.5 Å². The molecule has 0 saturated heterocycles. The summed E-state index contributed by atoms with van der Waals surface area (Å²) in [5.74, 6) is 0.372. The quantitative estimate of drug-likeness (QED) is 0.826. The number of aliphatic hydroxyl groups is 1. The van der Waals surface area contributed by atoms with Crippen molar-refractivity contribution >= 4 is 34.3 Å². The second kappa shape index (κ2) is 7.25. The first-order chi connectivity index (χ1) is 10.2. The first-order valence-electron chi connectivity index (χ1n) is 7.44. The lowest BCUT2D eigenvalue weighted by Gasteiger charge is -2.29. The number of hydrogen-bond donors (Lipinski definition) is 2. The fourth-order valence-corrected chi connectivity index (χ4v) is 5.02. The first kappa shape index (κ1) is 15.5. The highest BCUT2D eigenvalue weighted by Gasteiger charge is 2.25. The molecule has 2 heterocycles. The van der Waals surface area contributed by atoms with Crippen molar-refractivity contribution in [2.75, 3.05) is 6.54 Å². The van der Waals surface area contributed by atoms with Gasteiger partial charge in [0.15, 0.2) is 0 Å². The lowest BCUT2D eigenvalue weighted by atomic mass is 9.86. The standard InChI is InChI=1S/C16H20ClNOS2/c17-15-8-7-14(21-15)16(13-6-3-9-20-13)18-10-11-4-1-2-5-12(11)19/h3,6-9,11-12,16,18-19H,1-2,4-5,10H2. The molecule has 0 aromatic carbocycles. The average Bonchev–Trinajstić information content (AvgIpc) is 3.13. The van der Waals surface area contributed by atoms with Gasteiger partial charge < -0.3 is 10.4 Å². The van der Waals surface area contributed by atoms with Crippen LogP contribution in [0.2, 0.25) is 4.34 Å². The van der Waals surface area contributed by atoms with Crippen molar-refractivity contribution in [3.05, 3.63) is 43.7 Å². The third kappa shape index (κ3) is 3.88. The summed E-state index contributed by atoms with van der Waals surface area (Å²) in [6.07, 6.45) is 4.31.